The van der Waals surface area contributed by atoms with E-state index in [1.54, 1.807) is 0 Å². The zero-order valence-electron chi connectivity index (χ0n) is 15.6. The van der Waals surface area contributed by atoms with Crippen molar-refractivity contribution in [2.24, 2.45) is 11.8 Å². The molecule has 4 heteroatoms. The van der Waals surface area contributed by atoms with Gasteiger partial charge in [0.2, 0.25) is 11.8 Å². The Labute approximate surface area is 151 Å². The number of rotatable bonds is 8. The van der Waals surface area contributed by atoms with E-state index < -0.39 is 0 Å². The van der Waals surface area contributed by atoms with Gasteiger partial charge in [-0.2, -0.15) is 0 Å². The molecule has 138 valence electrons. The largest absolute Gasteiger partial charge is 0.356 e. The number of amides is 2. The molecular formula is C21H32N2O2. The highest BCUT2D eigenvalue weighted by Crippen LogP contribution is 2.30. The van der Waals surface area contributed by atoms with E-state index in [0.29, 0.717) is 0 Å². The number of para-hydroxylation sites is 1. The second-order valence-electron chi connectivity index (χ2n) is 7.05. The molecule has 1 fully saturated rings. The second-order valence-corrected chi connectivity index (χ2v) is 7.05. The van der Waals surface area contributed by atoms with Crippen LogP contribution >= 0.6 is 0 Å². The highest BCUT2D eigenvalue weighted by atomic mass is 16.2. The summed E-state index contributed by atoms with van der Waals surface area (Å²) in [4.78, 5) is 24.7. The quantitative estimate of drug-likeness (QED) is 0.691. The van der Waals surface area contributed by atoms with Crippen molar-refractivity contribution < 1.29 is 9.59 Å². The van der Waals surface area contributed by atoms with E-state index in [0.717, 1.165) is 69.2 Å². The maximum absolute atomic E-state index is 12.5. The number of carbonyl (C=O) groups is 2. The topological polar surface area (TPSA) is 58.2 Å². The molecule has 0 saturated heterocycles. The molecule has 0 unspecified atom stereocenters. The summed E-state index contributed by atoms with van der Waals surface area (Å²) < 4.78 is 0. The molecule has 1 aromatic carbocycles. The Balaban J connectivity index is 1.77. The fourth-order valence-electron chi connectivity index (χ4n) is 3.53. The lowest BCUT2D eigenvalue weighted by Gasteiger charge is -2.27. The Morgan fingerprint density at radius 1 is 0.960 bits per heavy atom. The van der Waals surface area contributed by atoms with Crippen molar-refractivity contribution in [3.63, 3.8) is 0 Å². The summed E-state index contributed by atoms with van der Waals surface area (Å²) in [6.45, 7) is 5.03. The molecule has 0 aliphatic heterocycles. The van der Waals surface area contributed by atoms with E-state index >= 15 is 0 Å². The maximum Gasteiger partial charge on any atom is 0.227 e. The zero-order valence-corrected chi connectivity index (χ0v) is 15.6. The summed E-state index contributed by atoms with van der Waals surface area (Å²) in [5.74, 6) is 0.372. The molecule has 0 heterocycles. The first-order valence-electron chi connectivity index (χ1n) is 9.82. The van der Waals surface area contributed by atoms with Crippen LogP contribution in [0.1, 0.15) is 64.4 Å². The van der Waals surface area contributed by atoms with Gasteiger partial charge in [0.25, 0.3) is 0 Å². The first kappa shape index (κ1) is 19.5. The summed E-state index contributed by atoms with van der Waals surface area (Å²) in [6, 6.07) is 7.97. The highest BCUT2D eigenvalue weighted by Gasteiger charge is 2.29. The summed E-state index contributed by atoms with van der Waals surface area (Å²) in [7, 11) is 0. The first-order chi connectivity index (χ1) is 12.2. The fraction of sp³-hybridized carbons (Fsp3) is 0.619. The Bertz CT molecular complexity index is 563. The standard InChI is InChI=1S/C21H32N2O2/c1-3-5-8-15-22-20(24)17-11-13-18(14-12-17)21(25)23-19-10-7-6-9-16(19)4-2/h6-7,9-10,17-18H,3-5,8,11-15H2,1-2H3,(H,22,24)(H,23,25). The maximum atomic E-state index is 12.5. The van der Waals surface area contributed by atoms with Crippen molar-refractivity contribution in [2.45, 2.75) is 65.2 Å². The minimum Gasteiger partial charge on any atom is -0.356 e. The van der Waals surface area contributed by atoms with Gasteiger partial charge in [0.1, 0.15) is 0 Å². The van der Waals surface area contributed by atoms with Crippen molar-refractivity contribution in [2.75, 3.05) is 11.9 Å². The van der Waals surface area contributed by atoms with Crippen LogP contribution in [0.3, 0.4) is 0 Å². The third kappa shape index (κ3) is 5.87. The molecule has 4 nitrogen and oxygen atoms in total. The lowest BCUT2D eigenvalue weighted by Crippen LogP contribution is -2.36. The van der Waals surface area contributed by atoms with Gasteiger partial charge < -0.3 is 10.6 Å². The predicted molar refractivity (Wildman–Crippen MR) is 102 cm³/mol. The highest BCUT2D eigenvalue weighted by molar-refractivity contribution is 5.93. The number of hydrogen-bond acceptors (Lipinski definition) is 2. The normalized spacial score (nSPS) is 20.1. The van der Waals surface area contributed by atoms with Gasteiger partial charge in [-0.25, -0.2) is 0 Å². The molecule has 1 saturated carbocycles. The van der Waals surface area contributed by atoms with Gasteiger partial charge >= 0.3 is 0 Å². The average molecular weight is 344 g/mol. The van der Waals surface area contributed by atoms with Gasteiger partial charge in [0, 0.05) is 24.1 Å². The van der Waals surface area contributed by atoms with Crippen LogP contribution in [-0.2, 0) is 16.0 Å². The van der Waals surface area contributed by atoms with Crippen molar-refractivity contribution in [1.82, 2.24) is 5.32 Å². The molecule has 0 spiro atoms. The molecule has 25 heavy (non-hydrogen) atoms. The zero-order chi connectivity index (χ0) is 18.1. The third-order valence-corrected chi connectivity index (χ3v) is 5.20. The van der Waals surface area contributed by atoms with Crippen LogP contribution in [-0.4, -0.2) is 18.4 Å². The Kier molecular flexibility index (Phi) is 7.96. The summed E-state index contributed by atoms with van der Waals surface area (Å²) in [5.41, 5.74) is 2.08. The van der Waals surface area contributed by atoms with Crippen LogP contribution in [0.15, 0.2) is 24.3 Å². The SMILES string of the molecule is CCCCCNC(=O)C1CCC(C(=O)Nc2ccccc2CC)CC1. The van der Waals surface area contributed by atoms with Crippen molar-refractivity contribution in [3.8, 4) is 0 Å². The van der Waals surface area contributed by atoms with Crippen LogP contribution in [0, 0.1) is 11.8 Å². The fourth-order valence-corrected chi connectivity index (χ4v) is 3.53. The summed E-state index contributed by atoms with van der Waals surface area (Å²) in [5, 5.41) is 6.13. The van der Waals surface area contributed by atoms with E-state index in [9.17, 15) is 9.59 Å². The number of nitrogens with one attached hydrogen (secondary N) is 2. The van der Waals surface area contributed by atoms with Gasteiger partial charge in [-0.3, -0.25) is 9.59 Å². The molecule has 2 N–H and O–H groups in total. The van der Waals surface area contributed by atoms with E-state index in [2.05, 4.69) is 30.5 Å². The van der Waals surface area contributed by atoms with Crippen LogP contribution in [0.2, 0.25) is 0 Å². The Morgan fingerprint density at radius 3 is 2.24 bits per heavy atom. The van der Waals surface area contributed by atoms with Gasteiger partial charge in [0.15, 0.2) is 0 Å². The number of carbonyl (C=O) groups excluding carboxylic acids is 2. The van der Waals surface area contributed by atoms with Crippen LogP contribution in [0.4, 0.5) is 5.69 Å². The molecule has 2 amide bonds. The third-order valence-electron chi connectivity index (χ3n) is 5.20. The minimum atomic E-state index is 0.0223. The lowest BCUT2D eigenvalue weighted by atomic mass is 9.81. The molecule has 0 atom stereocenters. The molecule has 1 aromatic rings. The smallest absolute Gasteiger partial charge is 0.227 e. The molecule has 0 radical (unpaired) electrons. The second kappa shape index (κ2) is 10.2. The number of unbranched alkanes of at least 4 members (excludes halogenated alkanes) is 2. The number of aryl methyl sites for hydroxylation is 1. The van der Waals surface area contributed by atoms with Gasteiger partial charge in [-0.15, -0.1) is 0 Å². The van der Waals surface area contributed by atoms with Crippen LogP contribution < -0.4 is 10.6 Å². The van der Waals surface area contributed by atoms with E-state index in [-0.39, 0.29) is 23.7 Å². The molecule has 0 aromatic heterocycles. The van der Waals surface area contributed by atoms with Gasteiger partial charge in [-0.05, 0) is 50.2 Å². The van der Waals surface area contributed by atoms with Crippen molar-refractivity contribution >= 4 is 17.5 Å². The van der Waals surface area contributed by atoms with Gasteiger partial charge in [0.05, 0.1) is 0 Å². The Morgan fingerprint density at radius 2 is 1.60 bits per heavy atom. The monoisotopic (exact) mass is 344 g/mol. The lowest BCUT2D eigenvalue weighted by molar-refractivity contribution is -0.128. The molecular weight excluding hydrogens is 312 g/mol. The average Bonchev–Trinajstić information content (AvgIpc) is 2.65. The summed E-state index contributed by atoms with van der Waals surface area (Å²) in [6.07, 6.45) is 7.50. The van der Waals surface area contributed by atoms with Gasteiger partial charge in [-0.1, -0.05) is 44.9 Å². The Hall–Kier alpha value is -1.84. The summed E-state index contributed by atoms with van der Waals surface area (Å²) >= 11 is 0. The number of benzene rings is 1. The minimum absolute atomic E-state index is 0.0223. The number of hydrogen-bond donors (Lipinski definition) is 2. The van der Waals surface area contributed by atoms with E-state index in [1.165, 1.54) is 0 Å². The molecule has 2 rings (SSSR count). The molecule has 1 aliphatic carbocycles. The molecule has 0 bridgehead atoms. The molecule has 1 aliphatic rings. The van der Waals surface area contributed by atoms with E-state index in [4.69, 9.17) is 0 Å². The number of anilines is 1. The first-order valence-corrected chi connectivity index (χ1v) is 9.82. The van der Waals surface area contributed by atoms with Crippen molar-refractivity contribution in [1.29, 1.82) is 0 Å². The van der Waals surface area contributed by atoms with Crippen LogP contribution in [0.5, 0.6) is 0 Å². The van der Waals surface area contributed by atoms with E-state index in [1.807, 2.05) is 18.2 Å². The predicted octanol–water partition coefficient (Wildman–Crippen LogP) is 4.30. The van der Waals surface area contributed by atoms with Crippen LogP contribution in [0.25, 0.3) is 0 Å². The van der Waals surface area contributed by atoms with Crippen molar-refractivity contribution in [3.05, 3.63) is 29.8 Å².